The smallest absolute Gasteiger partial charge is 0.252 e. The molecule has 1 aliphatic rings. The molecule has 1 aliphatic heterocycles. The van der Waals surface area contributed by atoms with Crippen molar-refractivity contribution in [3.05, 3.63) is 87.6 Å². The lowest BCUT2D eigenvalue weighted by Crippen LogP contribution is -2.37. The van der Waals surface area contributed by atoms with E-state index in [-0.39, 0.29) is 17.7 Å². The maximum absolute atomic E-state index is 13.1. The first kappa shape index (κ1) is 21.3. The molecule has 160 valence electrons. The number of ketones is 1. The molecular formula is C25H26N2O3S. The number of carbonyl (C=O) groups excluding carboxylic acids is 2. The van der Waals surface area contributed by atoms with Gasteiger partial charge in [-0.2, -0.15) is 0 Å². The molecule has 0 radical (unpaired) electrons. The number of hydrogen-bond donors (Lipinski definition) is 1. The molecule has 5 nitrogen and oxygen atoms in total. The Morgan fingerprint density at radius 1 is 1.00 bits per heavy atom. The SMILES string of the molecule is COc1ccc([C@H](CNC(=O)c2ccccc2C(=O)c2cccs2)N2CCCC2)cc1. The average molecular weight is 435 g/mol. The van der Waals surface area contributed by atoms with E-state index in [1.54, 1.807) is 37.4 Å². The van der Waals surface area contributed by atoms with E-state index >= 15 is 0 Å². The van der Waals surface area contributed by atoms with Crippen LogP contribution in [0, 0.1) is 0 Å². The van der Waals surface area contributed by atoms with Crippen LogP contribution in [0.1, 0.15) is 50.0 Å². The number of thiophene rings is 1. The van der Waals surface area contributed by atoms with Crippen molar-refractivity contribution in [2.75, 3.05) is 26.7 Å². The number of rotatable bonds is 8. The summed E-state index contributed by atoms with van der Waals surface area (Å²) in [6.45, 7) is 2.51. The molecule has 1 saturated heterocycles. The molecule has 1 fully saturated rings. The highest BCUT2D eigenvalue weighted by Crippen LogP contribution is 2.26. The molecule has 6 heteroatoms. The van der Waals surface area contributed by atoms with Gasteiger partial charge in [0.05, 0.1) is 23.6 Å². The van der Waals surface area contributed by atoms with Crippen molar-refractivity contribution in [1.82, 2.24) is 10.2 Å². The van der Waals surface area contributed by atoms with Crippen LogP contribution in [-0.4, -0.2) is 43.3 Å². The molecule has 0 unspecified atom stereocenters. The van der Waals surface area contributed by atoms with Crippen LogP contribution in [0.15, 0.2) is 66.0 Å². The van der Waals surface area contributed by atoms with Crippen LogP contribution < -0.4 is 10.1 Å². The maximum atomic E-state index is 13.1. The molecule has 1 atom stereocenters. The summed E-state index contributed by atoms with van der Waals surface area (Å²) < 4.78 is 5.28. The number of nitrogens with one attached hydrogen (secondary N) is 1. The Morgan fingerprint density at radius 2 is 1.71 bits per heavy atom. The van der Waals surface area contributed by atoms with Gasteiger partial charge in [0, 0.05) is 12.1 Å². The molecule has 1 N–H and O–H groups in total. The van der Waals surface area contributed by atoms with E-state index in [0.717, 1.165) is 24.4 Å². The summed E-state index contributed by atoms with van der Waals surface area (Å²) in [6.07, 6.45) is 2.33. The predicted octanol–water partition coefficient (Wildman–Crippen LogP) is 4.55. The molecule has 1 amide bonds. The highest BCUT2D eigenvalue weighted by atomic mass is 32.1. The molecule has 0 spiro atoms. The lowest BCUT2D eigenvalue weighted by atomic mass is 10.0. The minimum atomic E-state index is -0.224. The van der Waals surface area contributed by atoms with Crippen molar-refractivity contribution in [3.63, 3.8) is 0 Å². The van der Waals surface area contributed by atoms with Gasteiger partial charge < -0.3 is 10.1 Å². The Hall–Kier alpha value is -2.96. The Kier molecular flexibility index (Phi) is 6.79. The van der Waals surface area contributed by atoms with E-state index in [1.165, 1.54) is 24.2 Å². The zero-order valence-electron chi connectivity index (χ0n) is 17.5. The number of amides is 1. The highest BCUT2D eigenvalue weighted by Gasteiger charge is 2.25. The van der Waals surface area contributed by atoms with E-state index in [9.17, 15) is 9.59 Å². The van der Waals surface area contributed by atoms with Gasteiger partial charge in [-0.05, 0) is 61.1 Å². The Bertz CT molecular complexity index is 1030. The summed E-state index contributed by atoms with van der Waals surface area (Å²) in [6, 6.07) is 18.8. The fourth-order valence-electron chi connectivity index (χ4n) is 4.04. The van der Waals surface area contributed by atoms with Gasteiger partial charge in [0.2, 0.25) is 5.78 Å². The summed E-state index contributed by atoms with van der Waals surface area (Å²) >= 11 is 1.38. The molecule has 31 heavy (non-hydrogen) atoms. The maximum Gasteiger partial charge on any atom is 0.252 e. The molecule has 1 aromatic heterocycles. The van der Waals surface area contributed by atoms with Crippen LogP contribution in [-0.2, 0) is 0 Å². The van der Waals surface area contributed by atoms with Gasteiger partial charge in [0.25, 0.3) is 5.91 Å². The average Bonchev–Trinajstić information content (AvgIpc) is 3.54. The minimum absolute atomic E-state index is 0.0810. The summed E-state index contributed by atoms with van der Waals surface area (Å²) in [5.74, 6) is 0.471. The van der Waals surface area contributed by atoms with E-state index in [1.807, 2.05) is 23.6 Å². The fraction of sp³-hybridized carbons (Fsp3) is 0.280. The minimum Gasteiger partial charge on any atom is -0.497 e. The van der Waals surface area contributed by atoms with Crippen molar-refractivity contribution in [3.8, 4) is 5.75 Å². The number of hydrogen-bond acceptors (Lipinski definition) is 5. The first-order chi connectivity index (χ1) is 15.2. The third-order valence-electron chi connectivity index (χ3n) is 5.70. The third kappa shape index (κ3) is 4.86. The van der Waals surface area contributed by atoms with Gasteiger partial charge in [-0.1, -0.05) is 36.4 Å². The lowest BCUT2D eigenvalue weighted by molar-refractivity contribution is 0.0928. The molecule has 0 aliphatic carbocycles. The van der Waals surface area contributed by atoms with Crippen LogP contribution in [0.5, 0.6) is 5.75 Å². The predicted molar refractivity (Wildman–Crippen MR) is 123 cm³/mol. The number of likely N-dealkylation sites (tertiary alicyclic amines) is 1. The van der Waals surface area contributed by atoms with Crippen molar-refractivity contribution < 1.29 is 14.3 Å². The van der Waals surface area contributed by atoms with Crippen LogP contribution in [0.4, 0.5) is 0 Å². The molecule has 2 heterocycles. The second kappa shape index (κ2) is 9.90. The molecule has 4 rings (SSSR count). The summed E-state index contributed by atoms with van der Waals surface area (Å²) in [5.41, 5.74) is 1.99. The van der Waals surface area contributed by atoms with Crippen LogP contribution in [0.2, 0.25) is 0 Å². The van der Waals surface area contributed by atoms with Gasteiger partial charge in [-0.15, -0.1) is 11.3 Å². The van der Waals surface area contributed by atoms with E-state index in [0.29, 0.717) is 22.5 Å². The Labute approximate surface area is 186 Å². The Balaban J connectivity index is 1.52. The van der Waals surface area contributed by atoms with Gasteiger partial charge >= 0.3 is 0 Å². The van der Waals surface area contributed by atoms with E-state index in [2.05, 4.69) is 22.3 Å². The lowest BCUT2D eigenvalue weighted by Gasteiger charge is -2.28. The number of methoxy groups -OCH3 is 1. The van der Waals surface area contributed by atoms with E-state index < -0.39 is 0 Å². The largest absolute Gasteiger partial charge is 0.497 e. The van der Waals surface area contributed by atoms with Crippen molar-refractivity contribution in [2.45, 2.75) is 18.9 Å². The number of carbonyl (C=O) groups is 2. The van der Waals surface area contributed by atoms with Gasteiger partial charge in [0.15, 0.2) is 0 Å². The number of ether oxygens (including phenoxy) is 1. The van der Waals surface area contributed by atoms with Gasteiger partial charge in [-0.25, -0.2) is 0 Å². The van der Waals surface area contributed by atoms with Crippen molar-refractivity contribution in [1.29, 1.82) is 0 Å². The van der Waals surface area contributed by atoms with Crippen LogP contribution >= 0.6 is 11.3 Å². The zero-order chi connectivity index (χ0) is 21.6. The van der Waals surface area contributed by atoms with Crippen molar-refractivity contribution in [2.24, 2.45) is 0 Å². The second-order valence-corrected chi connectivity index (χ2v) is 8.54. The molecule has 0 saturated carbocycles. The standard InChI is InChI=1S/C25H26N2O3S/c1-30-19-12-10-18(11-13-19)22(27-14-4-5-15-27)17-26-25(29)21-8-3-2-7-20(21)24(28)23-9-6-16-31-23/h2-3,6-13,16,22H,4-5,14-15,17H2,1H3,(H,26,29)/t22-/m0/s1. The second-order valence-electron chi connectivity index (χ2n) is 7.59. The summed E-state index contributed by atoms with van der Waals surface area (Å²) in [7, 11) is 1.65. The summed E-state index contributed by atoms with van der Waals surface area (Å²) in [4.78, 5) is 29.0. The molecule has 0 bridgehead atoms. The number of benzene rings is 2. The molecular weight excluding hydrogens is 408 g/mol. The quantitative estimate of drug-likeness (QED) is 0.528. The molecule has 2 aromatic carbocycles. The van der Waals surface area contributed by atoms with Gasteiger partial charge in [0.1, 0.15) is 5.75 Å². The number of nitrogens with zero attached hydrogens (tertiary/aromatic N) is 1. The fourth-order valence-corrected chi connectivity index (χ4v) is 4.72. The topological polar surface area (TPSA) is 58.6 Å². The van der Waals surface area contributed by atoms with Crippen molar-refractivity contribution >= 4 is 23.0 Å². The first-order valence-electron chi connectivity index (χ1n) is 10.5. The summed E-state index contributed by atoms with van der Waals surface area (Å²) in [5, 5.41) is 4.95. The molecule has 3 aromatic rings. The van der Waals surface area contributed by atoms with E-state index in [4.69, 9.17) is 4.74 Å². The highest BCUT2D eigenvalue weighted by molar-refractivity contribution is 7.12. The zero-order valence-corrected chi connectivity index (χ0v) is 18.4. The van der Waals surface area contributed by atoms with Gasteiger partial charge in [-0.3, -0.25) is 14.5 Å². The monoisotopic (exact) mass is 434 g/mol. The Morgan fingerprint density at radius 3 is 2.35 bits per heavy atom. The normalized spacial score (nSPS) is 14.9. The van der Waals surface area contributed by atoms with Crippen LogP contribution in [0.3, 0.4) is 0 Å². The first-order valence-corrected chi connectivity index (χ1v) is 11.4. The van der Waals surface area contributed by atoms with Crippen LogP contribution in [0.25, 0.3) is 0 Å². The third-order valence-corrected chi connectivity index (χ3v) is 6.57.